The fourth-order valence-corrected chi connectivity index (χ4v) is 1.90. The highest BCUT2D eigenvalue weighted by Crippen LogP contribution is 2.20. The predicted molar refractivity (Wildman–Crippen MR) is 60.1 cm³/mol. The third kappa shape index (κ3) is 1.96. The second-order valence-electron chi connectivity index (χ2n) is 3.13. The summed E-state index contributed by atoms with van der Waals surface area (Å²) in [4.78, 5) is 23.1. The van der Waals surface area contributed by atoms with E-state index in [0.29, 0.717) is 11.0 Å². The normalized spacial score (nSPS) is 10.2. The lowest BCUT2D eigenvalue weighted by atomic mass is 10.1. The van der Waals surface area contributed by atoms with Crippen molar-refractivity contribution in [2.75, 3.05) is 14.2 Å². The molecule has 0 unspecified atom stereocenters. The maximum atomic E-state index is 11.5. The van der Waals surface area contributed by atoms with Gasteiger partial charge in [-0.1, -0.05) is 0 Å². The molecule has 0 amide bonds. The van der Waals surface area contributed by atoms with E-state index in [1.165, 1.54) is 26.4 Å². The van der Waals surface area contributed by atoms with Crippen LogP contribution in [0, 0.1) is 0 Å². The van der Waals surface area contributed by atoms with Gasteiger partial charge < -0.3 is 9.47 Å². The van der Waals surface area contributed by atoms with Gasteiger partial charge in [-0.2, -0.15) is 8.75 Å². The molecule has 1 aromatic heterocycles. The summed E-state index contributed by atoms with van der Waals surface area (Å²) in [6.45, 7) is 0. The predicted octanol–water partition coefficient (Wildman–Crippen LogP) is 1.26. The minimum absolute atomic E-state index is 0.125. The van der Waals surface area contributed by atoms with Gasteiger partial charge in [-0.05, 0) is 12.1 Å². The largest absolute Gasteiger partial charge is 0.465 e. The maximum Gasteiger partial charge on any atom is 0.338 e. The number of aromatic nitrogens is 2. The third-order valence-electron chi connectivity index (χ3n) is 2.20. The monoisotopic (exact) mass is 252 g/mol. The van der Waals surface area contributed by atoms with Crippen LogP contribution >= 0.6 is 11.7 Å². The Bertz CT molecular complexity index is 543. The van der Waals surface area contributed by atoms with Crippen LogP contribution in [-0.2, 0) is 9.47 Å². The molecule has 0 atom stereocenters. The number of nitrogens with zero attached hydrogens (tertiary/aromatic N) is 2. The molecule has 0 aliphatic rings. The average Bonchev–Trinajstić information content (AvgIpc) is 2.82. The molecule has 1 heterocycles. The Morgan fingerprint density at radius 1 is 1.00 bits per heavy atom. The van der Waals surface area contributed by atoms with Crippen LogP contribution in [0.5, 0.6) is 0 Å². The Morgan fingerprint density at radius 3 is 1.76 bits per heavy atom. The third-order valence-corrected chi connectivity index (χ3v) is 2.76. The van der Waals surface area contributed by atoms with E-state index >= 15 is 0 Å². The van der Waals surface area contributed by atoms with Crippen molar-refractivity contribution < 1.29 is 19.1 Å². The number of fused-ring (bicyclic) bond motifs is 1. The first-order valence-electron chi connectivity index (χ1n) is 4.60. The lowest BCUT2D eigenvalue weighted by Gasteiger charge is -2.05. The molecule has 88 valence electrons. The summed E-state index contributed by atoms with van der Waals surface area (Å²) >= 11 is 1.00. The minimum Gasteiger partial charge on any atom is -0.465 e. The molecule has 1 aromatic carbocycles. The van der Waals surface area contributed by atoms with E-state index in [0.717, 1.165) is 11.7 Å². The fraction of sp³-hybridized carbons (Fsp3) is 0.200. The average molecular weight is 252 g/mol. The van der Waals surface area contributed by atoms with Crippen LogP contribution in [0.1, 0.15) is 20.7 Å². The zero-order valence-corrected chi connectivity index (χ0v) is 9.91. The number of esters is 2. The van der Waals surface area contributed by atoms with Crippen LogP contribution in [0.25, 0.3) is 11.0 Å². The van der Waals surface area contributed by atoms with Gasteiger partial charge in [-0.15, -0.1) is 0 Å². The van der Waals surface area contributed by atoms with Crippen molar-refractivity contribution in [1.82, 2.24) is 8.75 Å². The van der Waals surface area contributed by atoms with E-state index in [1.807, 2.05) is 0 Å². The van der Waals surface area contributed by atoms with Crippen molar-refractivity contribution in [3.63, 3.8) is 0 Å². The van der Waals surface area contributed by atoms with E-state index < -0.39 is 11.9 Å². The quantitative estimate of drug-likeness (QED) is 0.749. The van der Waals surface area contributed by atoms with Gasteiger partial charge in [0.2, 0.25) is 0 Å². The summed E-state index contributed by atoms with van der Waals surface area (Å²) in [5.74, 6) is -1.22. The summed E-state index contributed by atoms with van der Waals surface area (Å²) < 4.78 is 17.2. The smallest absolute Gasteiger partial charge is 0.338 e. The molecule has 2 aromatic rings. The van der Waals surface area contributed by atoms with Gasteiger partial charge >= 0.3 is 11.9 Å². The number of hydrogen-bond acceptors (Lipinski definition) is 7. The highest BCUT2D eigenvalue weighted by atomic mass is 32.1. The van der Waals surface area contributed by atoms with E-state index in [-0.39, 0.29) is 11.1 Å². The number of ether oxygens (including phenoxy) is 2. The Hall–Kier alpha value is -2.02. The van der Waals surface area contributed by atoms with Crippen molar-refractivity contribution >= 4 is 34.7 Å². The van der Waals surface area contributed by atoms with E-state index in [2.05, 4.69) is 18.2 Å². The molecule has 0 saturated carbocycles. The van der Waals surface area contributed by atoms with Gasteiger partial charge in [0.25, 0.3) is 0 Å². The molecular weight excluding hydrogens is 244 g/mol. The first kappa shape index (κ1) is 11.5. The van der Waals surface area contributed by atoms with Crippen LogP contribution in [-0.4, -0.2) is 34.9 Å². The van der Waals surface area contributed by atoms with Crippen LogP contribution in [0.15, 0.2) is 12.1 Å². The molecule has 0 N–H and O–H groups in total. The van der Waals surface area contributed by atoms with Crippen molar-refractivity contribution in [2.45, 2.75) is 0 Å². The van der Waals surface area contributed by atoms with Crippen LogP contribution in [0.4, 0.5) is 0 Å². The number of rotatable bonds is 2. The Kier molecular flexibility index (Phi) is 3.01. The highest BCUT2D eigenvalue weighted by Gasteiger charge is 2.20. The van der Waals surface area contributed by atoms with Crippen molar-refractivity contribution in [2.24, 2.45) is 0 Å². The highest BCUT2D eigenvalue weighted by molar-refractivity contribution is 7.00. The molecule has 7 heteroatoms. The zero-order valence-electron chi connectivity index (χ0n) is 9.09. The molecule has 0 aliphatic heterocycles. The topological polar surface area (TPSA) is 78.4 Å². The van der Waals surface area contributed by atoms with Gasteiger partial charge in [0.05, 0.1) is 37.1 Å². The Labute approximate surface area is 100 Å². The molecular formula is C10H8N2O4S. The lowest BCUT2D eigenvalue weighted by Crippen LogP contribution is -2.11. The molecule has 0 spiro atoms. The molecule has 0 fully saturated rings. The molecule has 0 aliphatic carbocycles. The zero-order chi connectivity index (χ0) is 12.4. The van der Waals surface area contributed by atoms with E-state index in [1.54, 1.807) is 0 Å². The standard InChI is InChI=1S/C10H8N2O4S/c1-15-9(13)5-3-7-8(12-17-11-7)4-6(5)10(14)16-2/h3-4H,1-2H3. The van der Waals surface area contributed by atoms with Gasteiger partial charge in [0, 0.05) is 0 Å². The Morgan fingerprint density at radius 2 is 1.41 bits per heavy atom. The molecule has 2 rings (SSSR count). The summed E-state index contributed by atoms with van der Waals surface area (Å²) in [6, 6.07) is 2.94. The van der Waals surface area contributed by atoms with Crippen LogP contribution in [0.3, 0.4) is 0 Å². The van der Waals surface area contributed by atoms with E-state index in [4.69, 9.17) is 0 Å². The molecule has 0 saturated heterocycles. The number of carbonyl (C=O) groups excluding carboxylic acids is 2. The maximum absolute atomic E-state index is 11.5. The van der Waals surface area contributed by atoms with Gasteiger partial charge in [-0.25, -0.2) is 9.59 Å². The fourth-order valence-electron chi connectivity index (χ4n) is 1.39. The van der Waals surface area contributed by atoms with Crippen LogP contribution in [0.2, 0.25) is 0 Å². The molecule has 0 bridgehead atoms. The first-order valence-corrected chi connectivity index (χ1v) is 5.33. The summed E-state index contributed by atoms with van der Waals surface area (Å²) in [7, 11) is 2.49. The number of methoxy groups -OCH3 is 2. The summed E-state index contributed by atoms with van der Waals surface area (Å²) in [6.07, 6.45) is 0. The van der Waals surface area contributed by atoms with Crippen molar-refractivity contribution in [1.29, 1.82) is 0 Å². The SMILES string of the molecule is COC(=O)c1cc2nsnc2cc1C(=O)OC. The molecule has 0 radical (unpaired) electrons. The first-order chi connectivity index (χ1) is 8.17. The van der Waals surface area contributed by atoms with Gasteiger partial charge in [0.1, 0.15) is 11.0 Å². The molecule has 6 nitrogen and oxygen atoms in total. The van der Waals surface area contributed by atoms with Crippen LogP contribution < -0.4 is 0 Å². The van der Waals surface area contributed by atoms with Gasteiger partial charge in [-0.3, -0.25) is 0 Å². The Balaban J connectivity index is 2.67. The minimum atomic E-state index is -0.611. The number of hydrogen-bond donors (Lipinski definition) is 0. The van der Waals surface area contributed by atoms with E-state index in [9.17, 15) is 9.59 Å². The van der Waals surface area contributed by atoms with Gasteiger partial charge in [0.15, 0.2) is 0 Å². The van der Waals surface area contributed by atoms with Crippen molar-refractivity contribution in [3.8, 4) is 0 Å². The number of benzene rings is 1. The number of carbonyl (C=O) groups is 2. The lowest BCUT2D eigenvalue weighted by molar-refractivity contribution is 0.0555. The second-order valence-corrected chi connectivity index (χ2v) is 3.66. The summed E-state index contributed by atoms with van der Waals surface area (Å²) in [5, 5.41) is 0. The second kappa shape index (κ2) is 4.46. The summed E-state index contributed by atoms with van der Waals surface area (Å²) in [5.41, 5.74) is 1.34. The van der Waals surface area contributed by atoms with Crippen molar-refractivity contribution in [3.05, 3.63) is 23.3 Å². The molecule has 17 heavy (non-hydrogen) atoms.